The number of hydrogen-bond donors (Lipinski definition) is 1. The molecular weight excluding hydrogens is 337 g/mol. The number of carbonyl (C=O) groups is 1. The van der Waals surface area contributed by atoms with E-state index >= 15 is 0 Å². The van der Waals surface area contributed by atoms with E-state index in [1.165, 1.54) is 12.3 Å². The molecule has 0 aliphatic heterocycles. The minimum absolute atomic E-state index is 0.331. The van der Waals surface area contributed by atoms with Crippen LogP contribution in [0.1, 0.15) is 10.5 Å². The topological polar surface area (TPSA) is 99.4 Å². The van der Waals surface area contributed by atoms with Gasteiger partial charge in [0.05, 0.1) is 4.90 Å². The number of alkyl halides is 3. The Bertz CT molecular complexity index is 833. The van der Waals surface area contributed by atoms with E-state index in [1.807, 2.05) is 0 Å². The number of primary amides is 1. The number of benzene rings is 1. The Balaban J connectivity index is 2.43. The van der Waals surface area contributed by atoms with Crippen molar-refractivity contribution in [1.82, 2.24) is 4.98 Å². The van der Waals surface area contributed by atoms with Crippen molar-refractivity contribution < 1.29 is 31.1 Å². The smallest absolute Gasteiger partial charge is 0.406 e. The van der Waals surface area contributed by atoms with Crippen molar-refractivity contribution in [2.75, 3.05) is 0 Å². The van der Waals surface area contributed by atoms with Gasteiger partial charge in [0.1, 0.15) is 16.3 Å². The Hall–Kier alpha value is -2.62. The summed E-state index contributed by atoms with van der Waals surface area (Å²) in [6.07, 6.45) is -3.69. The van der Waals surface area contributed by atoms with Gasteiger partial charge in [0.25, 0.3) is 5.91 Å². The summed E-state index contributed by atoms with van der Waals surface area (Å²) in [4.78, 5) is 14.1. The van der Waals surface area contributed by atoms with E-state index in [0.717, 1.165) is 30.3 Å². The number of ether oxygens (including phenoxy) is 1. The molecular formula is C13H9F3N2O4S. The van der Waals surface area contributed by atoms with Crippen molar-refractivity contribution in [2.45, 2.75) is 16.2 Å². The first kappa shape index (κ1) is 16.7. The van der Waals surface area contributed by atoms with Crippen LogP contribution in [0.15, 0.2) is 52.4 Å². The van der Waals surface area contributed by atoms with Gasteiger partial charge in [0, 0.05) is 6.20 Å². The molecule has 23 heavy (non-hydrogen) atoms. The number of pyridine rings is 1. The summed E-state index contributed by atoms with van der Waals surface area (Å²) in [7, 11) is -4.18. The van der Waals surface area contributed by atoms with Crippen LogP contribution in [-0.4, -0.2) is 25.7 Å². The van der Waals surface area contributed by atoms with Crippen LogP contribution >= 0.6 is 0 Å². The second-order valence-corrected chi connectivity index (χ2v) is 6.16. The van der Waals surface area contributed by atoms with E-state index in [4.69, 9.17) is 5.73 Å². The number of rotatable bonds is 4. The van der Waals surface area contributed by atoms with Crippen molar-refractivity contribution in [3.05, 3.63) is 48.3 Å². The molecule has 2 aromatic rings. The average Bonchev–Trinajstić information content (AvgIpc) is 2.46. The molecule has 0 spiro atoms. The largest absolute Gasteiger partial charge is 0.573 e. The zero-order valence-corrected chi connectivity index (χ0v) is 12.1. The molecule has 0 saturated heterocycles. The monoisotopic (exact) mass is 346 g/mol. The zero-order chi connectivity index (χ0) is 17.3. The Morgan fingerprint density at radius 1 is 1.13 bits per heavy atom. The van der Waals surface area contributed by atoms with Gasteiger partial charge >= 0.3 is 6.36 Å². The third-order valence-corrected chi connectivity index (χ3v) is 4.46. The minimum Gasteiger partial charge on any atom is -0.406 e. The average molecular weight is 346 g/mol. The summed E-state index contributed by atoms with van der Waals surface area (Å²) in [6.45, 7) is 0. The molecule has 1 amide bonds. The lowest BCUT2D eigenvalue weighted by molar-refractivity contribution is -0.274. The number of carbonyl (C=O) groups excluding carboxylic acids is 1. The highest BCUT2D eigenvalue weighted by Crippen LogP contribution is 2.27. The highest BCUT2D eigenvalue weighted by molar-refractivity contribution is 7.91. The van der Waals surface area contributed by atoms with E-state index in [9.17, 15) is 26.4 Å². The van der Waals surface area contributed by atoms with E-state index in [-0.39, 0.29) is 4.90 Å². The molecule has 2 N–H and O–H groups in total. The summed E-state index contributed by atoms with van der Waals surface area (Å²) in [5.74, 6) is -1.61. The second kappa shape index (κ2) is 5.88. The van der Waals surface area contributed by atoms with Crippen LogP contribution in [-0.2, 0) is 9.84 Å². The number of sulfone groups is 1. The van der Waals surface area contributed by atoms with Gasteiger partial charge in [-0.05, 0) is 36.4 Å². The van der Waals surface area contributed by atoms with Gasteiger partial charge in [-0.3, -0.25) is 4.79 Å². The number of nitrogens with zero attached hydrogens (tertiary/aromatic N) is 1. The fraction of sp³-hybridized carbons (Fsp3) is 0.0769. The number of hydrogen-bond acceptors (Lipinski definition) is 5. The molecule has 1 aromatic heterocycles. The Labute approximate surface area is 128 Å². The number of amides is 1. The maximum atomic E-state index is 12.4. The Morgan fingerprint density at radius 2 is 1.74 bits per heavy atom. The van der Waals surface area contributed by atoms with Gasteiger partial charge in [-0.25, -0.2) is 13.4 Å². The third kappa shape index (κ3) is 3.77. The van der Waals surface area contributed by atoms with E-state index < -0.39 is 38.4 Å². The second-order valence-electron chi connectivity index (χ2n) is 4.24. The summed E-state index contributed by atoms with van der Waals surface area (Å²) in [5, 5.41) is 0. The molecule has 0 saturated carbocycles. The summed E-state index contributed by atoms with van der Waals surface area (Å²) in [6, 6.07) is 5.97. The van der Waals surface area contributed by atoms with Crippen LogP contribution in [0.4, 0.5) is 13.2 Å². The van der Waals surface area contributed by atoms with E-state index in [1.54, 1.807) is 0 Å². The number of halogens is 3. The maximum Gasteiger partial charge on any atom is 0.573 e. The molecule has 0 atom stereocenters. The van der Waals surface area contributed by atoms with Gasteiger partial charge in [0.15, 0.2) is 0 Å². The van der Waals surface area contributed by atoms with E-state index in [2.05, 4.69) is 9.72 Å². The molecule has 0 aliphatic rings. The summed E-state index contributed by atoms with van der Waals surface area (Å²) in [5.41, 5.74) is 4.62. The van der Waals surface area contributed by atoms with Crippen molar-refractivity contribution in [2.24, 2.45) is 5.73 Å². The zero-order valence-electron chi connectivity index (χ0n) is 11.2. The van der Waals surface area contributed by atoms with Gasteiger partial charge < -0.3 is 10.5 Å². The van der Waals surface area contributed by atoms with Crippen molar-refractivity contribution in [3.63, 3.8) is 0 Å². The Kier molecular flexibility index (Phi) is 4.28. The molecule has 0 unspecified atom stereocenters. The summed E-state index contributed by atoms with van der Waals surface area (Å²) < 4.78 is 64.8. The number of aromatic nitrogens is 1. The van der Waals surface area contributed by atoms with Gasteiger partial charge in [-0.15, -0.1) is 13.2 Å². The quantitative estimate of drug-likeness (QED) is 0.912. The first-order valence-corrected chi connectivity index (χ1v) is 7.45. The third-order valence-electron chi connectivity index (χ3n) is 2.66. The van der Waals surface area contributed by atoms with Crippen molar-refractivity contribution in [3.8, 4) is 5.75 Å². The SMILES string of the molecule is NC(=O)c1ncccc1S(=O)(=O)c1ccc(OC(F)(F)F)cc1. The first-order valence-electron chi connectivity index (χ1n) is 5.97. The fourth-order valence-corrected chi connectivity index (χ4v) is 3.15. The molecule has 0 fully saturated rings. The van der Waals surface area contributed by atoms with Crippen molar-refractivity contribution in [1.29, 1.82) is 0 Å². The predicted molar refractivity (Wildman–Crippen MR) is 71.3 cm³/mol. The van der Waals surface area contributed by atoms with Gasteiger partial charge in [-0.2, -0.15) is 0 Å². The Morgan fingerprint density at radius 3 is 2.26 bits per heavy atom. The fourth-order valence-electron chi connectivity index (χ4n) is 1.74. The number of nitrogens with two attached hydrogens (primary N) is 1. The first-order chi connectivity index (χ1) is 10.6. The van der Waals surface area contributed by atoms with Crippen LogP contribution in [0.5, 0.6) is 5.75 Å². The van der Waals surface area contributed by atoms with Crippen LogP contribution in [0.2, 0.25) is 0 Å². The highest BCUT2D eigenvalue weighted by atomic mass is 32.2. The predicted octanol–water partition coefficient (Wildman–Crippen LogP) is 1.91. The molecule has 0 radical (unpaired) electrons. The molecule has 10 heteroatoms. The lowest BCUT2D eigenvalue weighted by Crippen LogP contribution is -2.18. The molecule has 1 heterocycles. The van der Waals surface area contributed by atoms with Crippen LogP contribution in [0.25, 0.3) is 0 Å². The standard InChI is InChI=1S/C13H9F3N2O4S/c14-13(15,16)22-8-3-5-9(6-4-8)23(20,21)10-2-1-7-18-11(10)12(17)19/h1-7H,(H2,17,19). The lowest BCUT2D eigenvalue weighted by Gasteiger charge is -2.10. The molecule has 0 bridgehead atoms. The molecule has 2 rings (SSSR count). The lowest BCUT2D eigenvalue weighted by atomic mass is 10.3. The molecule has 6 nitrogen and oxygen atoms in total. The molecule has 122 valence electrons. The van der Waals surface area contributed by atoms with E-state index in [0.29, 0.717) is 0 Å². The highest BCUT2D eigenvalue weighted by Gasteiger charge is 2.31. The van der Waals surface area contributed by atoms with Crippen LogP contribution in [0, 0.1) is 0 Å². The minimum atomic E-state index is -4.89. The molecule has 0 aliphatic carbocycles. The normalized spacial score (nSPS) is 12.0. The molecule has 1 aromatic carbocycles. The summed E-state index contributed by atoms with van der Waals surface area (Å²) >= 11 is 0. The van der Waals surface area contributed by atoms with Gasteiger partial charge in [-0.1, -0.05) is 0 Å². The van der Waals surface area contributed by atoms with Gasteiger partial charge in [0.2, 0.25) is 9.84 Å². The maximum absolute atomic E-state index is 12.4. The van der Waals surface area contributed by atoms with Crippen LogP contribution < -0.4 is 10.5 Å². The van der Waals surface area contributed by atoms with Crippen molar-refractivity contribution >= 4 is 15.7 Å². The van der Waals surface area contributed by atoms with Crippen LogP contribution in [0.3, 0.4) is 0 Å².